The molecule has 1 aliphatic heterocycles. The van der Waals surface area contributed by atoms with Gasteiger partial charge < -0.3 is 9.47 Å². The number of nitro benzene ring substituents is 2. The molecule has 0 radical (unpaired) electrons. The second kappa shape index (κ2) is 12.1. The molecule has 1 heterocycles. The molecular weight excluding hydrogens is 594 g/mol. The Balaban J connectivity index is 1.51. The summed E-state index contributed by atoms with van der Waals surface area (Å²) in [5.41, 5.74) is 1.80. The van der Waals surface area contributed by atoms with Crippen molar-refractivity contribution >= 4 is 56.3 Å². The number of benzene rings is 3. The molecule has 0 aliphatic carbocycles. The first-order valence-electron chi connectivity index (χ1n) is 11.5. The van der Waals surface area contributed by atoms with E-state index < -0.39 is 21.0 Å². The first-order chi connectivity index (χ1) is 18.7. The van der Waals surface area contributed by atoms with E-state index in [1.54, 1.807) is 30.3 Å². The van der Waals surface area contributed by atoms with Crippen molar-refractivity contribution in [2.75, 3.05) is 6.61 Å². The van der Waals surface area contributed by atoms with Crippen molar-refractivity contribution in [3.8, 4) is 11.5 Å². The lowest BCUT2D eigenvalue weighted by Crippen LogP contribution is -2.27. The van der Waals surface area contributed by atoms with Crippen molar-refractivity contribution in [3.63, 3.8) is 0 Å². The Labute approximate surface area is 234 Å². The SMILES string of the molecule is CCOc1cc(/C=C2/SC(=O)N(Cc3ccc([N+](=O)[O-])cc3)C2=O)cc(Br)c1OCc1ccc([N+](=O)[O-])cc1. The van der Waals surface area contributed by atoms with Crippen molar-refractivity contribution in [3.05, 3.63) is 107 Å². The molecule has 1 aliphatic rings. The average Bonchev–Trinajstić information content (AvgIpc) is 3.16. The van der Waals surface area contributed by atoms with Gasteiger partial charge in [0.25, 0.3) is 22.5 Å². The van der Waals surface area contributed by atoms with Crippen molar-refractivity contribution in [1.82, 2.24) is 4.90 Å². The Morgan fingerprint density at radius 1 is 0.923 bits per heavy atom. The number of thioether (sulfide) groups is 1. The Hall–Kier alpha value is -4.23. The molecule has 13 heteroatoms. The summed E-state index contributed by atoms with van der Waals surface area (Å²) >= 11 is 4.28. The molecular formula is C26H20BrN3O8S. The number of hydrogen-bond donors (Lipinski definition) is 0. The number of nitrogens with zero attached hydrogens (tertiary/aromatic N) is 3. The van der Waals surface area contributed by atoms with Crippen LogP contribution < -0.4 is 9.47 Å². The molecule has 0 aromatic heterocycles. The van der Waals surface area contributed by atoms with Crippen LogP contribution in [0.5, 0.6) is 11.5 Å². The fourth-order valence-corrected chi connectivity index (χ4v) is 5.05. The van der Waals surface area contributed by atoms with Gasteiger partial charge in [-0.3, -0.25) is 34.7 Å². The summed E-state index contributed by atoms with van der Waals surface area (Å²) in [6.07, 6.45) is 1.58. The van der Waals surface area contributed by atoms with Gasteiger partial charge in [-0.1, -0.05) is 12.1 Å². The number of carbonyl (C=O) groups excluding carboxylic acids is 2. The minimum absolute atomic E-state index is 0.0106. The molecule has 1 fully saturated rings. The highest BCUT2D eigenvalue weighted by molar-refractivity contribution is 9.10. The van der Waals surface area contributed by atoms with Crippen LogP contribution in [0.2, 0.25) is 0 Å². The maximum Gasteiger partial charge on any atom is 0.293 e. The van der Waals surface area contributed by atoms with Gasteiger partial charge >= 0.3 is 0 Å². The number of rotatable bonds is 10. The van der Waals surface area contributed by atoms with Gasteiger partial charge in [-0.25, -0.2) is 0 Å². The number of carbonyl (C=O) groups is 2. The first kappa shape index (κ1) is 27.8. The van der Waals surface area contributed by atoms with Crippen LogP contribution in [0.15, 0.2) is 70.0 Å². The second-order valence-electron chi connectivity index (χ2n) is 8.17. The molecule has 4 rings (SSSR count). The van der Waals surface area contributed by atoms with Crippen LogP contribution in [-0.4, -0.2) is 32.5 Å². The van der Waals surface area contributed by atoms with E-state index in [0.29, 0.717) is 33.7 Å². The highest BCUT2D eigenvalue weighted by atomic mass is 79.9. The minimum atomic E-state index is -0.521. The summed E-state index contributed by atoms with van der Waals surface area (Å²) < 4.78 is 12.2. The normalized spacial score (nSPS) is 14.1. The maximum absolute atomic E-state index is 13.0. The quantitative estimate of drug-likeness (QED) is 0.142. The van der Waals surface area contributed by atoms with Gasteiger partial charge in [0, 0.05) is 24.3 Å². The van der Waals surface area contributed by atoms with Gasteiger partial charge in [-0.05, 0) is 81.6 Å². The van der Waals surface area contributed by atoms with Gasteiger partial charge in [0.2, 0.25) is 0 Å². The lowest BCUT2D eigenvalue weighted by atomic mass is 10.1. The molecule has 0 unspecified atom stereocenters. The molecule has 39 heavy (non-hydrogen) atoms. The highest BCUT2D eigenvalue weighted by Crippen LogP contribution is 2.40. The largest absolute Gasteiger partial charge is 0.490 e. The van der Waals surface area contributed by atoms with Crippen LogP contribution in [0.4, 0.5) is 16.2 Å². The van der Waals surface area contributed by atoms with E-state index in [4.69, 9.17) is 9.47 Å². The predicted molar refractivity (Wildman–Crippen MR) is 147 cm³/mol. The number of ether oxygens (including phenoxy) is 2. The standard InChI is InChI=1S/C26H20BrN3O8S/c1-2-37-22-12-18(11-21(27)24(22)38-15-17-5-9-20(10-6-17)30(35)36)13-23-25(31)28(26(32)39-23)14-16-3-7-19(8-4-16)29(33)34/h3-13H,2,14-15H2,1H3/b23-13+. The van der Waals surface area contributed by atoms with Crippen molar-refractivity contribution in [1.29, 1.82) is 0 Å². The molecule has 3 aromatic rings. The van der Waals surface area contributed by atoms with Crippen LogP contribution in [0.3, 0.4) is 0 Å². The third-order valence-corrected chi connectivity index (χ3v) is 7.02. The summed E-state index contributed by atoms with van der Waals surface area (Å²) in [5.74, 6) is 0.347. The molecule has 0 atom stereocenters. The molecule has 0 spiro atoms. The summed E-state index contributed by atoms with van der Waals surface area (Å²) in [6.45, 7) is 2.28. The van der Waals surface area contributed by atoms with Crippen LogP contribution in [0, 0.1) is 20.2 Å². The Morgan fingerprint density at radius 3 is 2.08 bits per heavy atom. The van der Waals surface area contributed by atoms with Crippen LogP contribution in [0.25, 0.3) is 6.08 Å². The van der Waals surface area contributed by atoms with Gasteiger partial charge in [0.15, 0.2) is 11.5 Å². The van der Waals surface area contributed by atoms with Crippen molar-refractivity contribution in [2.24, 2.45) is 0 Å². The number of imide groups is 1. The molecule has 1 saturated heterocycles. The number of non-ortho nitro benzene ring substituents is 2. The average molecular weight is 614 g/mol. The lowest BCUT2D eigenvalue weighted by Gasteiger charge is -2.15. The monoisotopic (exact) mass is 613 g/mol. The number of amides is 2. The van der Waals surface area contributed by atoms with Crippen LogP contribution in [-0.2, 0) is 17.9 Å². The van der Waals surface area contributed by atoms with Gasteiger partial charge in [0.1, 0.15) is 6.61 Å². The molecule has 200 valence electrons. The zero-order valence-corrected chi connectivity index (χ0v) is 22.8. The molecule has 3 aromatic carbocycles. The topological polar surface area (TPSA) is 142 Å². The minimum Gasteiger partial charge on any atom is -0.490 e. The highest BCUT2D eigenvalue weighted by Gasteiger charge is 2.35. The van der Waals surface area contributed by atoms with E-state index in [1.165, 1.54) is 36.4 Å². The molecule has 0 saturated carbocycles. The predicted octanol–water partition coefficient (Wildman–Crippen LogP) is 6.48. The van der Waals surface area contributed by atoms with Gasteiger partial charge in [-0.2, -0.15) is 0 Å². The fourth-order valence-electron chi connectivity index (χ4n) is 3.64. The zero-order chi connectivity index (χ0) is 28.1. The molecule has 0 bridgehead atoms. The first-order valence-corrected chi connectivity index (χ1v) is 13.1. The maximum atomic E-state index is 13.0. The van der Waals surface area contributed by atoms with Crippen molar-refractivity contribution in [2.45, 2.75) is 20.1 Å². The zero-order valence-electron chi connectivity index (χ0n) is 20.4. The fraction of sp³-hybridized carbons (Fsp3) is 0.154. The smallest absolute Gasteiger partial charge is 0.293 e. The van der Waals surface area contributed by atoms with Gasteiger partial charge in [0.05, 0.1) is 32.4 Å². The van der Waals surface area contributed by atoms with E-state index in [-0.39, 0.29) is 29.4 Å². The van der Waals surface area contributed by atoms with E-state index >= 15 is 0 Å². The third-order valence-electron chi connectivity index (χ3n) is 5.52. The number of hydrogen-bond acceptors (Lipinski definition) is 9. The van der Waals surface area contributed by atoms with E-state index in [0.717, 1.165) is 22.2 Å². The summed E-state index contributed by atoms with van der Waals surface area (Å²) in [4.78, 5) is 47.6. The lowest BCUT2D eigenvalue weighted by molar-refractivity contribution is -0.385. The summed E-state index contributed by atoms with van der Waals surface area (Å²) in [5, 5.41) is 21.3. The van der Waals surface area contributed by atoms with E-state index in [1.807, 2.05) is 6.92 Å². The Kier molecular flexibility index (Phi) is 8.62. The van der Waals surface area contributed by atoms with Crippen LogP contribution in [0.1, 0.15) is 23.6 Å². The van der Waals surface area contributed by atoms with Crippen LogP contribution >= 0.6 is 27.7 Å². The molecule has 0 N–H and O–H groups in total. The Bertz CT molecular complexity index is 1480. The summed E-state index contributed by atoms with van der Waals surface area (Å²) in [6, 6.07) is 15.1. The summed E-state index contributed by atoms with van der Waals surface area (Å²) in [7, 11) is 0. The van der Waals surface area contributed by atoms with Gasteiger partial charge in [-0.15, -0.1) is 0 Å². The second-order valence-corrected chi connectivity index (χ2v) is 10.0. The third kappa shape index (κ3) is 6.62. The molecule has 2 amide bonds. The number of halogens is 1. The van der Waals surface area contributed by atoms with E-state index in [9.17, 15) is 29.8 Å². The molecule has 11 nitrogen and oxygen atoms in total. The van der Waals surface area contributed by atoms with Crippen molar-refractivity contribution < 1.29 is 28.9 Å². The number of nitro groups is 2. The van der Waals surface area contributed by atoms with E-state index in [2.05, 4.69) is 15.9 Å². The Morgan fingerprint density at radius 2 is 1.51 bits per heavy atom.